The largest absolute Gasteiger partial charge is 0.573 e. The average molecular weight is 303 g/mol. The molecule has 110 valence electrons. The number of hydrogen-bond acceptors (Lipinski definition) is 3. The summed E-state index contributed by atoms with van der Waals surface area (Å²) in [5.41, 5.74) is 11.0. The van der Waals surface area contributed by atoms with Gasteiger partial charge in [0.05, 0.1) is 0 Å². The smallest absolute Gasteiger partial charge is 0.406 e. The van der Waals surface area contributed by atoms with Crippen LogP contribution < -0.4 is 16.2 Å². The molecule has 19 heavy (non-hydrogen) atoms. The number of nitrogens with two attached hydrogens (primary N) is 2. The van der Waals surface area contributed by atoms with Crippen LogP contribution in [-0.4, -0.2) is 12.9 Å². The van der Waals surface area contributed by atoms with Crippen LogP contribution in [0.15, 0.2) is 18.2 Å². The van der Waals surface area contributed by atoms with Gasteiger partial charge < -0.3 is 16.2 Å². The minimum atomic E-state index is -4.81. The van der Waals surface area contributed by atoms with E-state index in [1.54, 1.807) is 0 Å². The van der Waals surface area contributed by atoms with Crippen molar-refractivity contribution in [2.75, 3.05) is 6.54 Å². The molecule has 0 unspecified atom stereocenters. The summed E-state index contributed by atoms with van der Waals surface area (Å²) >= 11 is 0. The van der Waals surface area contributed by atoms with E-state index in [-0.39, 0.29) is 18.0 Å². The Morgan fingerprint density at radius 1 is 1.26 bits per heavy atom. The average Bonchev–Trinajstić information content (AvgIpc) is 2.26. The fourth-order valence-electron chi connectivity index (χ4n) is 1.50. The van der Waals surface area contributed by atoms with Crippen molar-refractivity contribution in [3.8, 4) is 5.75 Å². The highest BCUT2D eigenvalue weighted by molar-refractivity contribution is 5.85. The van der Waals surface area contributed by atoms with Gasteiger partial charge in [-0.1, -0.05) is 0 Å². The summed E-state index contributed by atoms with van der Waals surface area (Å²) in [6.45, 7) is 0.383. The maximum atomic E-state index is 13.4. The highest BCUT2D eigenvalue weighted by Crippen LogP contribution is 2.28. The standard InChI is InChI=1S/C11H14F4N2O.ClH/c12-9-4-3-7(18-11(13,14)15)6-8(9)10(17)2-1-5-16;/h3-4,6,10H,1-2,5,16-17H2;1H/t10-;/m0./s1. The zero-order valence-corrected chi connectivity index (χ0v) is 10.7. The summed E-state index contributed by atoms with van der Waals surface area (Å²) in [6, 6.07) is 2.07. The van der Waals surface area contributed by atoms with Crippen LogP contribution in [0.5, 0.6) is 5.75 Å². The second-order valence-corrected chi connectivity index (χ2v) is 3.77. The van der Waals surface area contributed by atoms with Gasteiger partial charge in [-0.3, -0.25) is 0 Å². The van der Waals surface area contributed by atoms with Crippen LogP contribution in [0.25, 0.3) is 0 Å². The first kappa shape index (κ1) is 17.9. The Morgan fingerprint density at radius 2 is 1.89 bits per heavy atom. The molecule has 0 bridgehead atoms. The van der Waals surface area contributed by atoms with Crippen LogP contribution in [0, 0.1) is 5.82 Å². The van der Waals surface area contributed by atoms with E-state index in [1.165, 1.54) is 0 Å². The molecule has 0 heterocycles. The zero-order valence-electron chi connectivity index (χ0n) is 9.91. The molecule has 0 spiro atoms. The molecule has 1 rings (SSSR count). The first-order valence-corrected chi connectivity index (χ1v) is 5.34. The summed E-state index contributed by atoms with van der Waals surface area (Å²) in [5, 5.41) is 0. The number of rotatable bonds is 5. The fourth-order valence-corrected chi connectivity index (χ4v) is 1.50. The SMILES string of the molecule is Cl.NCCC[C@H](N)c1cc(OC(F)(F)F)ccc1F. The topological polar surface area (TPSA) is 61.3 Å². The summed E-state index contributed by atoms with van der Waals surface area (Å²) < 4.78 is 53.2. The summed E-state index contributed by atoms with van der Waals surface area (Å²) in [5.74, 6) is -1.14. The Bertz CT molecular complexity index is 401. The van der Waals surface area contributed by atoms with Gasteiger partial charge >= 0.3 is 6.36 Å². The molecule has 0 amide bonds. The van der Waals surface area contributed by atoms with E-state index in [9.17, 15) is 17.6 Å². The normalized spacial score (nSPS) is 12.7. The lowest BCUT2D eigenvalue weighted by Crippen LogP contribution is -2.18. The van der Waals surface area contributed by atoms with Crippen molar-refractivity contribution in [2.24, 2.45) is 11.5 Å². The fraction of sp³-hybridized carbons (Fsp3) is 0.455. The predicted molar refractivity (Wildman–Crippen MR) is 65.5 cm³/mol. The lowest BCUT2D eigenvalue weighted by atomic mass is 10.0. The first-order valence-electron chi connectivity index (χ1n) is 5.34. The number of halogens is 5. The molecular weight excluding hydrogens is 288 g/mol. The van der Waals surface area contributed by atoms with Crippen molar-refractivity contribution >= 4 is 12.4 Å². The molecule has 0 saturated heterocycles. The number of benzene rings is 1. The van der Waals surface area contributed by atoms with Gasteiger partial charge in [0.1, 0.15) is 11.6 Å². The van der Waals surface area contributed by atoms with Gasteiger partial charge in [-0.05, 0) is 37.6 Å². The molecule has 1 aromatic rings. The Hall–Kier alpha value is -1.05. The van der Waals surface area contributed by atoms with Gasteiger partial charge in [0.15, 0.2) is 0 Å². The quantitative estimate of drug-likeness (QED) is 0.822. The molecule has 0 aliphatic rings. The second-order valence-electron chi connectivity index (χ2n) is 3.77. The van der Waals surface area contributed by atoms with Gasteiger partial charge in [0.2, 0.25) is 0 Å². The third-order valence-corrected chi connectivity index (χ3v) is 2.32. The van der Waals surface area contributed by atoms with Crippen molar-refractivity contribution < 1.29 is 22.3 Å². The molecule has 0 aliphatic carbocycles. The molecule has 0 aliphatic heterocycles. The van der Waals surface area contributed by atoms with Gasteiger partial charge in [-0.25, -0.2) is 4.39 Å². The summed E-state index contributed by atoms with van der Waals surface area (Å²) in [4.78, 5) is 0. The third-order valence-electron chi connectivity index (χ3n) is 2.32. The van der Waals surface area contributed by atoms with E-state index < -0.39 is 24.0 Å². The molecule has 0 aromatic heterocycles. The lowest BCUT2D eigenvalue weighted by molar-refractivity contribution is -0.274. The molecule has 0 saturated carbocycles. The molecule has 3 nitrogen and oxygen atoms in total. The van der Waals surface area contributed by atoms with Gasteiger partial charge in [-0.2, -0.15) is 0 Å². The Labute approximate surface area is 114 Å². The van der Waals surface area contributed by atoms with E-state index in [1.807, 2.05) is 0 Å². The van der Waals surface area contributed by atoms with Crippen LogP contribution in [0.2, 0.25) is 0 Å². The van der Waals surface area contributed by atoms with E-state index in [2.05, 4.69) is 4.74 Å². The van der Waals surface area contributed by atoms with Crippen LogP contribution >= 0.6 is 12.4 Å². The summed E-state index contributed by atoms with van der Waals surface area (Å²) in [6.07, 6.45) is -3.86. The zero-order chi connectivity index (χ0) is 13.8. The maximum absolute atomic E-state index is 13.4. The van der Waals surface area contributed by atoms with Crippen LogP contribution in [0.1, 0.15) is 24.4 Å². The number of hydrogen-bond donors (Lipinski definition) is 2. The van der Waals surface area contributed by atoms with Gasteiger partial charge in [0.25, 0.3) is 0 Å². The molecule has 8 heteroatoms. The second kappa shape index (κ2) is 7.52. The lowest BCUT2D eigenvalue weighted by Gasteiger charge is -2.15. The number of alkyl halides is 3. The van der Waals surface area contributed by atoms with Crippen molar-refractivity contribution in [2.45, 2.75) is 25.2 Å². The Balaban J connectivity index is 0.00000324. The van der Waals surface area contributed by atoms with Crippen LogP contribution in [0.4, 0.5) is 17.6 Å². The third kappa shape index (κ3) is 6.09. The Kier molecular flexibility index (Phi) is 7.10. The van der Waals surface area contributed by atoms with Gasteiger partial charge in [0, 0.05) is 11.6 Å². The predicted octanol–water partition coefficient (Wildman–Crippen LogP) is 2.88. The van der Waals surface area contributed by atoms with E-state index in [4.69, 9.17) is 11.5 Å². The van der Waals surface area contributed by atoms with Crippen molar-refractivity contribution in [1.82, 2.24) is 0 Å². The molecule has 4 N–H and O–H groups in total. The van der Waals surface area contributed by atoms with Crippen molar-refractivity contribution in [3.05, 3.63) is 29.6 Å². The monoisotopic (exact) mass is 302 g/mol. The molecular formula is C11H15ClF4N2O. The van der Waals surface area contributed by atoms with Crippen LogP contribution in [-0.2, 0) is 0 Å². The highest BCUT2D eigenvalue weighted by Gasteiger charge is 2.31. The van der Waals surface area contributed by atoms with E-state index in [0.717, 1.165) is 18.2 Å². The van der Waals surface area contributed by atoms with Crippen molar-refractivity contribution in [3.63, 3.8) is 0 Å². The Morgan fingerprint density at radius 3 is 2.42 bits per heavy atom. The van der Waals surface area contributed by atoms with Crippen molar-refractivity contribution in [1.29, 1.82) is 0 Å². The van der Waals surface area contributed by atoms with E-state index >= 15 is 0 Å². The molecule has 1 atom stereocenters. The minimum absolute atomic E-state index is 0. The highest BCUT2D eigenvalue weighted by atomic mass is 35.5. The van der Waals surface area contributed by atoms with Gasteiger partial charge in [-0.15, -0.1) is 25.6 Å². The van der Waals surface area contributed by atoms with Crippen LogP contribution in [0.3, 0.4) is 0 Å². The van der Waals surface area contributed by atoms with E-state index in [0.29, 0.717) is 19.4 Å². The minimum Gasteiger partial charge on any atom is -0.406 e. The first-order chi connectivity index (χ1) is 8.33. The molecule has 0 radical (unpaired) electrons. The molecule has 0 fully saturated rings. The number of ether oxygens (including phenoxy) is 1. The maximum Gasteiger partial charge on any atom is 0.573 e. The summed E-state index contributed by atoms with van der Waals surface area (Å²) in [7, 11) is 0. The molecule has 1 aromatic carbocycles.